The number of carbonyl (C=O) groups excluding carboxylic acids is 1. The molecule has 3 aromatic rings. The molecule has 1 amide bonds. The third kappa shape index (κ3) is 5.24. The molecule has 1 aliphatic rings. The number of aryl methyl sites for hydroxylation is 3. The first-order valence-electron chi connectivity index (χ1n) is 11.9. The predicted octanol–water partition coefficient (Wildman–Crippen LogP) is 4.84. The Hall–Kier alpha value is -3.21. The van der Waals surface area contributed by atoms with Crippen molar-refractivity contribution >= 4 is 11.7 Å². The van der Waals surface area contributed by atoms with E-state index in [1.165, 1.54) is 16.7 Å². The molecule has 0 bridgehead atoms. The summed E-state index contributed by atoms with van der Waals surface area (Å²) in [6.45, 7) is 11.2. The van der Waals surface area contributed by atoms with Crippen molar-refractivity contribution in [1.29, 1.82) is 0 Å². The molecule has 33 heavy (non-hydrogen) atoms. The van der Waals surface area contributed by atoms with Crippen LogP contribution in [0.2, 0.25) is 0 Å². The summed E-state index contributed by atoms with van der Waals surface area (Å²) >= 11 is 0. The molecular weight excluding hydrogens is 408 g/mol. The Labute approximate surface area is 197 Å². The molecule has 5 nitrogen and oxygen atoms in total. The van der Waals surface area contributed by atoms with E-state index in [0.29, 0.717) is 13.1 Å². The highest BCUT2D eigenvalue weighted by molar-refractivity contribution is 5.84. The number of aromatic nitrogens is 2. The van der Waals surface area contributed by atoms with Crippen molar-refractivity contribution in [1.82, 2.24) is 14.9 Å². The predicted molar refractivity (Wildman–Crippen MR) is 134 cm³/mol. The SMILES string of the molecule is CCC(C(=O)N1CCN(c2nc(C)nc(C)c2Cc2ccc(C)cc2)CC1)c1ccccc1. The normalized spacial score (nSPS) is 14.9. The minimum atomic E-state index is -0.0709. The number of carbonyl (C=O) groups is 1. The van der Waals surface area contributed by atoms with E-state index in [1.807, 2.05) is 30.0 Å². The number of nitrogens with zero attached hydrogens (tertiary/aromatic N) is 4. The van der Waals surface area contributed by atoms with Gasteiger partial charge in [-0.3, -0.25) is 4.79 Å². The molecule has 1 atom stereocenters. The molecule has 0 N–H and O–H groups in total. The van der Waals surface area contributed by atoms with Gasteiger partial charge in [0, 0.05) is 43.9 Å². The van der Waals surface area contributed by atoms with Crippen LogP contribution in [-0.4, -0.2) is 47.0 Å². The summed E-state index contributed by atoms with van der Waals surface area (Å²) in [7, 11) is 0. The number of rotatable bonds is 6. The Bertz CT molecular complexity index is 1090. The topological polar surface area (TPSA) is 49.3 Å². The highest BCUT2D eigenvalue weighted by Gasteiger charge is 2.29. The number of anilines is 1. The smallest absolute Gasteiger partial charge is 0.230 e. The van der Waals surface area contributed by atoms with Crippen molar-refractivity contribution in [2.75, 3.05) is 31.1 Å². The lowest BCUT2D eigenvalue weighted by Gasteiger charge is -2.38. The first-order chi connectivity index (χ1) is 16.0. The molecule has 1 aromatic heterocycles. The van der Waals surface area contributed by atoms with Crippen molar-refractivity contribution in [3.63, 3.8) is 0 Å². The van der Waals surface area contributed by atoms with E-state index in [9.17, 15) is 4.79 Å². The monoisotopic (exact) mass is 442 g/mol. The molecule has 0 spiro atoms. The molecule has 0 aliphatic carbocycles. The van der Waals surface area contributed by atoms with Gasteiger partial charge in [0.1, 0.15) is 11.6 Å². The van der Waals surface area contributed by atoms with Crippen LogP contribution in [-0.2, 0) is 11.2 Å². The van der Waals surface area contributed by atoms with Crippen LogP contribution in [0.3, 0.4) is 0 Å². The number of hydrogen-bond donors (Lipinski definition) is 0. The molecule has 1 saturated heterocycles. The fraction of sp³-hybridized carbons (Fsp3) is 0.393. The summed E-state index contributed by atoms with van der Waals surface area (Å²) < 4.78 is 0. The molecule has 0 radical (unpaired) electrons. The summed E-state index contributed by atoms with van der Waals surface area (Å²) in [6.07, 6.45) is 1.63. The number of hydrogen-bond acceptors (Lipinski definition) is 4. The average Bonchev–Trinajstić information content (AvgIpc) is 2.83. The zero-order chi connectivity index (χ0) is 23.4. The van der Waals surface area contributed by atoms with Gasteiger partial charge in [-0.25, -0.2) is 9.97 Å². The van der Waals surface area contributed by atoms with E-state index in [0.717, 1.165) is 48.8 Å². The molecule has 2 heterocycles. The average molecular weight is 443 g/mol. The summed E-state index contributed by atoms with van der Waals surface area (Å²) in [4.78, 5) is 27.2. The minimum absolute atomic E-state index is 0.0709. The van der Waals surface area contributed by atoms with E-state index >= 15 is 0 Å². The van der Waals surface area contributed by atoms with Gasteiger partial charge in [0.25, 0.3) is 0 Å². The van der Waals surface area contributed by atoms with E-state index in [-0.39, 0.29) is 11.8 Å². The second-order valence-electron chi connectivity index (χ2n) is 9.00. The molecule has 2 aromatic carbocycles. The van der Waals surface area contributed by atoms with Gasteiger partial charge in [-0.05, 0) is 38.3 Å². The highest BCUT2D eigenvalue weighted by Crippen LogP contribution is 2.27. The Morgan fingerprint density at radius 3 is 2.21 bits per heavy atom. The lowest BCUT2D eigenvalue weighted by Crippen LogP contribution is -2.50. The van der Waals surface area contributed by atoms with Crippen LogP contribution >= 0.6 is 0 Å². The van der Waals surface area contributed by atoms with Gasteiger partial charge in [0.2, 0.25) is 5.91 Å². The summed E-state index contributed by atoms with van der Waals surface area (Å²) in [5.74, 6) is 1.98. The maximum absolute atomic E-state index is 13.3. The molecule has 1 fully saturated rings. The van der Waals surface area contributed by atoms with Gasteiger partial charge in [-0.1, -0.05) is 67.1 Å². The highest BCUT2D eigenvalue weighted by atomic mass is 16.2. The van der Waals surface area contributed by atoms with Crippen molar-refractivity contribution in [2.45, 2.75) is 46.5 Å². The van der Waals surface area contributed by atoms with Crippen molar-refractivity contribution in [3.8, 4) is 0 Å². The quantitative estimate of drug-likeness (QED) is 0.548. The molecule has 1 aliphatic heterocycles. The van der Waals surface area contributed by atoms with Crippen LogP contribution in [0, 0.1) is 20.8 Å². The van der Waals surface area contributed by atoms with Crippen molar-refractivity contribution in [3.05, 3.63) is 88.4 Å². The fourth-order valence-electron chi connectivity index (χ4n) is 4.69. The van der Waals surface area contributed by atoms with E-state index in [1.54, 1.807) is 0 Å². The van der Waals surface area contributed by atoms with Gasteiger partial charge in [-0.2, -0.15) is 0 Å². The summed E-state index contributed by atoms with van der Waals surface area (Å²) in [5, 5.41) is 0. The van der Waals surface area contributed by atoms with Gasteiger partial charge in [-0.15, -0.1) is 0 Å². The van der Waals surface area contributed by atoms with Gasteiger partial charge >= 0.3 is 0 Å². The minimum Gasteiger partial charge on any atom is -0.353 e. The molecule has 1 unspecified atom stereocenters. The van der Waals surface area contributed by atoms with Crippen molar-refractivity contribution in [2.24, 2.45) is 0 Å². The Balaban J connectivity index is 1.50. The maximum Gasteiger partial charge on any atom is 0.230 e. The number of benzene rings is 2. The number of piperazine rings is 1. The lowest BCUT2D eigenvalue weighted by atomic mass is 9.94. The van der Waals surface area contributed by atoms with Crippen LogP contribution in [0.25, 0.3) is 0 Å². The van der Waals surface area contributed by atoms with E-state index in [4.69, 9.17) is 4.98 Å². The van der Waals surface area contributed by atoms with Crippen LogP contribution in [0.4, 0.5) is 5.82 Å². The third-order valence-corrected chi connectivity index (χ3v) is 6.60. The van der Waals surface area contributed by atoms with E-state index < -0.39 is 0 Å². The maximum atomic E-state index is 13.3. The molecule has 0 saturated carbocycles. The first-order valence-corrected chi connectivity index (χ1v) is 11.9. The Morgan fingerprint density at radius 2 is 1.58 bits per heavy atom. The zero-order valence-corrected chi connectivity index (χ0v) is 20.2. The van der Waals surface area contributed by atoms with Crippen molar-refractivity contribution < 1.29 is 4.79 Å². The molecular formula is C28H34N4O. The first kappa shape index (κ1) is 23.0. The largest absolute Gasteiger partial charge is 0.353 e. The summed E-state index contributed by atoms with van der Waals surface area (Å²) in [6, 6.07) is 18.8. The molecule has 172 valence electrons. The van der Waals surface area contributed by atoms with Crippen LogP contribution in [0.15, 0.2) is 54.6 Å². The third-order valence-electron chi connectivity index (χ3n) is 6.60. The Kier molecular flexibility index (Phi) is 7.07. The van der Waals surface area contributed by atoms with Crippen LogP contribution in [0.5, 0.6) is 0 Å². The standard InChI is InChI=1S/C28H34N4O/c1-5-25(24-9-7-6-8-10-24)28(33)32-17-15-31(16-18-32)27-26(21(3)29-22(4)30-27)19-23-13-11-20(2)12-14-23/h6-14,25H,5,15-19H2,1-4H3. The lowest BCUT2D eigenvalue weighted by molar-refractivity contribution is -0.133. The van der Waals surface area contributed by atoms with Gasteiger partial charge in [0.15, 0.2) is 0 Å². The second-order valence-corrected chi connectivity index (χ2v) is 9.00. The molecule has 4 rings (SSSR count). The number of amides is 1. The zero-order valence-electron chi connectivity index (χ0n) is 20.2. The molecule has 5 heteroatoms. The van der Waals surface area contributed by atoms with Crippen LogP contribution in [0.1, 0.15) is 53.0 Å². The fourth-order valence-corrected chi connectivity index (χ4v) is 4.69. The van der Waals surface area contributed by atoms with E-state index in [2.05, 4.69) is 67.1 Å². The van der Waals surface area contributed by atoms with Gasteiger partial charge in [0.05, 0.1) is 5.92 Å². The summed E-state index contributed by atoms with van der Waals surface area (Å²) in [5.41, 5.74) is 5.85. The van der Waals surface area contributed by atoms with Gasteiger partial charge < -0.3 is 9.80 Å². The Morgan fingerprint density at radius 1 is 0.909 bits per heavy atom. The second kappa shape index (κ2) is 10.2. The van der Waals surface area contributed by atoms with Crippen LogP contribution < -0.4 is 4.90 Å².